The van der Waals surface area contributed by atoms with Gasteiger partial charge in [-0.25, -0.2) is 13.1 Å². The highest BCUT2D eigenvalue weighted by atomic mass is 32.2. The monoisotopic (exact) mass is 369 g/mol. The van der Waals surface area contributed by atoms with E-state index < -0.39 is 10.0 Å². The number of aryl methyl sites for hydroxylation is 2. The number of rotatable bonds is 8. The summed E-state index contributed by atoms with van der Waals surface area (Å²) in [4.78, 5) is 2.39. The van der Waals surface area contributed by atoms with Gasteiger partial charge in [-0.2, -0.15) is 0 Å². The van der Waals surface area contributed by atoms with Gasteiger partial charge in [0, 0.05) is 23.4 Å². The zero-order valence-electron chi connectivity index (χ0n) is 14.3. The molecule has 0 aliphatic carbocycles. The molecule has 0 saturated carbocycles. The molecule has 1 atom stereocenters. The third kappa shape index (κ3) is 4.57. The second-order valence-electron chi connectivity index (χ2n) is 5.38. The van der Waals surface area contributed by atoms with Gasteiger partial charge in [0.15, 0.2) is 0 Å². The Labute approximate surface area is 147 Å². The van der Waals surface area contributed by atoms with Crippen LogP contribution in [0.15, 0.2) is 35.2 Å². The highest BCUT2D eigenvalue weighted by molar-refractivity contribution is 7.89. The van der Waals surface area contributed by atoms with Crippen LogP contribution < -0.4 is 9.46 Å². The molecule has 0 fully saturated rings. The van der Waals surface area contributed by atoms with Crippen LogP contribution in [0.1, 0.15) is 28.3 Å². The Hall–Kier alpha value is -1.41. The third-order valence-corrected chi connectivity index (χ3v) is 6.09. The van der Waals surface area contributed by atoms with Crippen molar-refractivity contribution in [2.75, 3.05) is 20.3 Å². The lowest BCUT2D eigenvalue weighted by atomic mass is 10.2. The number of nitrogens with one attached hydrogen (secondary N) is 1. The molecule has 0 aliphatic rings. The quantitative estimate of drug-likeness (QED) is 0.774. The minimum Gasteiger partial charge on any atom is -0.494 e. The maximum Gasteiger partial charge on any atom is 0.240 e. The fraction of sp³-hybridized carbons (Fsp3) is 0.412. The number of hydrogen-bond acceptors (Lipinski definition) is 5. The van der Waals surface area contributed by atoms with Gasteiger partial charge in [-0.3, -0.25) is 0 Å². The molecule has 1 N–H and O–H groups in total. The Bertz CT molecular complexity index is 784. The van der Waals surface area contributed by atoms with Crippen molar-refractivity contribution in [3.8, 4) is 5.75 Å². The number of thiophene rings is 1. The molecular formula is C17H23NO4S2. The molecule has 132 valence electrons. The van der Waals surface area contributed by atoms with E-state index >= 15 is 0 Å². The number of benzene rings is 1. The molecule has 7 heteroatoms. The molecule has 1 heterocycles. The van der Waals surface area contributed by atoms with E-state index in [9.17, 15) is 8.42 Å². The molecule has 1 aromatic heterocycles. The van der Waals surface area contributed by atoms with Gasteiger partial charge in [-0.15, -0.1) is 11.3 Å². The minimum atomic E-state index is -3.60. The summed E-state index contributed by atoms with van der Waals surface area (Å²) in [5, 5.41) is 0. The molecule has 0 bridgehead atoms. The molecule has 2 aromatic rings. The second-order valence-corrected chi connectivity index (χ2v) is 8.47. The first-order valence-electron chi connectivity index (χ1n) is 7.69. The van der Waals surface area contributed by atoms with E-state index in [0.717, 1.165) is 15.3 Å². The molecule has 1 unspecified atom stereocenters. The van der Waals surface area contributed by atoms with E-state index in [0.29, 0.717) is 12.4 Å². The Morgan fingerprint density at radius 3 is 2.50 bits per heavy atom. The van der Waals surface area contributed by atoms with Crippen LogP contribution >= 0.6 is 11.3 Å². The fourth-order valence-corrected chi connectivity index (χ4v) is 4.37. The lowest BCUT2D eigenvalue weighted by Gasteiger charge is -2.15. The van der Waals surface area contributed by atoms with E-state index in [-0.39, 0.29) is 17.5 Å². The normalized spacial score (nSPS) is 13.0. The smallest absolute Gasteiger partial charge is 0.240 e. The maximum atomic E-state index is 12.5. The first kappa shape index (κ1) is 18.9. The van der Waals surface area contributed by atoms with E-state index in [4.69, 9.17) is 9.47 Å². The van der Waals surface area contributed by atoms with Crippen molar-refractivity contribution >= 4 is 21.4 Å². The molecule has 24 heavy (non-hydrogen) atoms. The average Bonchev–Trinajstić information content (AvgIpc) is 2.96. The van der Waals surface area contributed by atoms with Gasteiger partial charge in [-0.1, -0.05) is 0 Å². The van der Waals surface area contributed by atoms with Crippen molar-refractivity contribution in [2.24, 2.45) is 0 Å². The Kier molecular flexibility index (Phi) is 6.40. The van der Waals surface area contributed by atoms with Crippen LogP contribution in [0, 0.1) is 13.8 Å². The predicted octanol–water partition coefficient (Wildman–Crippen LogP) is 3.43. The third-order valence-electron chi connectivity index (χ3n) is 3.58. The number of sulfonamides is 1. The van der Waals surface area contributed by atoms with E-state index in [1.165, 1.54) is 0 Å². The molecule has 0 amide bonds. The molecule has 0 radical (unpaired) electrons. The van der Waals surface area contributed by atoms with Crippen molar-refractivity contribution in [3.05, 3.63) is 45.6 Å². The highest BCUT2D eigenvalue weighted by Gasteiger charge is 2.19. The Morgan fingerprint density at radius 2 is 1.96 bits per heavy atom. The van der Waals surface area contributed by atoms with Gasteiger partial charge in [0.25, 0.3) is 0 Å². The summed E-state index contributed by atoms with van der Waals surface area (Å²) < 4.78 is 38.5. The summed E-state index contributed by atoms with van der Waals surface area (Å²) in [5.41, 5.74) is 0.789. The van der Waals surface area contributed by atoms with Crippen LogP contribution in [-0.2, 0) is 14.8 Å². The summed E-state index contributed by atoms with van der Waals surface area (Å²) in [7, 11) is -2.02. The Morgan fingerprint density at radius 1 is 1.21 bits per heavy atom. The minimum absolute atomic E-state index is 0.186. The Balaban J connectivity index is 2.11. The van der Waals surface area contributed by atoms with Gasteiger partial charge in [-0.05, 0) is 56.7 Å². The van der Waals surface area contributed by atoms with Crippen molar-refractivity contribution in [2.45, 2.75) is 31.8 Å². The highest BCUT2D eigenvalue weighted by Crippen LogP contribution is 2.26. The summed E-state index contributed by atoms with van der Waals surface area (Å²) in [6.07, 6.45) is -0.303. The molecular weight excluding hydrogens is 346 g/mol. The van der Waals surface area contributed by atoms with E-state index in [1.54, 1.807) is 36.6 Å². The first-order valence-corrected chi connectivity index (χ1v) is 9.99. The standard InChI is InChI=1S/C17H23NO4S2/c1-5-22-15-8-7-14(10-12(15)2)24(19,20)18-11-16(21-4)17-9-6-13(3)23-17/h6-10,16,18H,5,11H2,1-4H3. The molecule has 2 rings (SSSR count). The van der Waals surface area contributed by atoms with Crippen LogP contribution in [0.25, 0.3) is 0 Å². The van der Waals surface area contributed by atoms with Crippen molar-refractivity contribution in [3.63, 3.8) is 0 Å². The summed E-state index contributed by atoms with van der Waals surface area (Å²) >= 11 is 1.60. The zero-order valence-corrected chi connectivity index (χ0v) is 16.0. The fourth-order valence-electron chi connectivity index (χ4n) is 2.30. The van der Waals surface area contributed by atoms with Crippen LogP contribution in [-0.4, -0.2) is 28.7 Å². The van der Waals surface area contributed by atoms with Crippen molar-refractivity contribution in [1.29, 1.82) is 0 Å². The van der Waals surface area contributed by atoms with Gasteiger partial charge >= 0.3 is 0 Å². The van der Waals surface area contributed by atoms with Crippen LogP contribution in [0.4, 0.5) is 0 Å². The lowest BCUT2D eigenvalue weighted by molar-refractivity contribution is 0.110. The largest absolute Gasteiger partial charge is 0.494 e. The predicted molar refractivity (Wildman–Crippen MR) is 96.3 cm³/mol. The first-order chi connectivity index (χ1) is 11.4. The van der Waals surface area contributed by atoms with Crippen molar-refractivity contribution in [1.82, 2.24) is 4.72 Å². The summed E-state index contributed by atoms with van der Waals surface area (Å²) in [6.45, 7) is 6.46. The molecule has 0 spiro atoms. The average molecular weight is 370 g/mol. The lowest BCUT2D eigenvalue weighted by Crippen LogP contribution is -2.29. The number of ether oxygens (including phenoxy) is 2. The molecule has 0 saturated heterocycles. The SMILES string of the molecule is CCOc1ccc(S(=O)(=O)NCC(OC)c2ccc(C)s2)cc1C. The number of hydrogen-bond donors (Lipinski definition) is 1. The molecule has 5 nitrogen and oxygen atoms in total. The van der Waals surface area contributed by atoms with Gasteiger partial charge in [0.05, 0.1) is 11.5 Å². The zero-order chi connectivity index (χ0) is 17.7. The van der Waals surface area contributed by atoms with Crippen LogP contribution in [0.2, 0.25) is 0 Å². The van der Waals surface area contributed by atoms with Crippen molar-refractivity contribution < 1.29 is 17.9 Å². The van der Waals surface area contributed by atoms with E-state index in [1.807, 2.05) is 32.9 Å². The molecule has 0 aliphatic heterocycles. The van der Waals surface area contributed by atoms with Crippen LogP contribution in [0.3, 0.4) is 0 Å². The summed E-state index contributed by atoms with van der Waals surface area (Å²) in [6, 6.07) is 8.81. The number of methoxy groups -OCH3 is 1. The van der Waals surface area contributed by atoms with Gasteiger partial charge in [0.1, 0.15) is 11.9 Å². The second kappa shape index (κ2) is 8.11. The summed E-state index contributed by atoms with van der Waals surface area (Å²) in [5.74, 6) is 0.695. The molecule has 1 aromatic carbocycles. The maximum absolute atomic E-state index is 12.5. The van der Waals surface area contributed by atoms with Crippen LogP contribution in [0.5, 0.6) is 5.75 Å². The van der Waals surface area contributed by atoms with Gasteiger partial charge in [0.2, 0.25) is 10.0 Å². The topological polar surface area (TPSA) is 64.6 Å². The van der Waals surface area contributed by atoms with E-state index in [2.05, 4.69) is 4.72 Å². The van der Waals surface area contributed by atoms with Gasteiger partial charge < -0.3 is 9.47 Å².